The van der Waals surface area contributed by atoms with Crippen LogP contribution in [0, 0.1) is 17.1 Å². The zero-order valence-electron chi connectivity index (χ0n) is 15.0. The predicted molar refractivity (Wildman–Crippen MR) is 105 cm³/mol. The Morgan fingerprint density at radius 3 is 2.71 bits per heavy atom. The van der Waals surface area contributed by atoms with E-state index in [9.17, 15) is 14.4 Å². The minimum absolute atomic E-state index is 0.221. The molecule has 0 aliphatic heterocycles. The van der Waals surface area contributed by atoms with Crippen molar-refractivity contribution in [3.8, 4) is 17.3 Å². The van der Waals surface area contributed by atoms with E-state index < -0.39 is 0 Å². The van der Waals surface area contributed by atoms with Crippen LogP contribution in [0.3, 0.4) is 0 Å². The van der Waals surface area contributed by atoms with Gasteiger partial charge in [-0.3, -0.25) is 9.89 Å². The summed E-state index contributed by atoms with van der Waals surface area (Å²) < 4.78 is 14.4. The normalized spacial score (nSPS) is 10.8. The monoisotopic (exact) mass is 373 g/mol. The minimum Gasteiger partial charge on any atom is -0.356 e. The number of aromatic amines is 1. The number of nitrogens with zero attached hydrogens (tertiary/aromatic N) is 3. The van der Waals surface area contributed by atoms with Gasteiger partial charge in [-0.15, -0.1) is 0 Å². The zero-order valence-corrected chi connectivity index (χ0v) is 15.0. The number of anilines is 2. The predicted octanol–water partition coefficient (Wildman–Crippen LogP) is 4.01. The van der Waals surface area contributed by atoms with Crippen molar-refractivity contribution >= 4 is 17.0 Å². The van der Waals surface area contributed by atoms with Crippen LogP contribution in [0.4, 0.5) is 15.8 Å². The molecule has 0 spiro atoms. The fourth-order valence-corrected chi connectivity index (χ4v) is 3.13. The van der Waals surface area contributed by atoms with Crippen LogP contribution in [0.5, 0.6) is 0 Å². The molecule has 2 heterocycles. The lowest BCUT2D eigenvalue weighted by atomic mass is 10.0. The number of rotatable bonds is 4. The molecule has 0 radical (unpaired) electrons. The Morgan fingerprint density at radius 1 is 1.21 bits per heavy atom. The van der Waals surface area contributed by atoms with E-state index in [0.717, 1.165) is 16.9 Å². The Bertz CT molecular complexity index is 1260. The Balaban J connectivity index is 1.82. The summed E-state index contributed by atoms with van der Waals surface area (Å²) in [5.41, 5.74) is 3.78. The number of halogens is 1. The second-order valence-electron chi connectivity index (χ2n) is 6.27. The number of hydrogen-bond acceptors (Lipinski definition) is 4. The Morgan fingerprint density at radius 2 is 2.00 bits per heavy atom. The highest BCUT2D eigenvalue weighted by Crippen LogP contribution is 2.26. The molecular formula is C21H16FN5O. The molecular weight excluding hydrogens is 357 g/mol. The summed E-state index contributed by atoms with van der Waals surface area (Å²) in [5, 5.41) is 15.3. The number of hydrogen-bond donors (Lipinski definition) is 2. The van der Waals surface area contributed by atoms with E-state index >= 15 is 0 Å². The maximum absolute atomic E-state index is 13.1. The van der Waals surface area contributed by atoms with Crippen LogP contribution in [-0.2, 0) is 6.42 Å². The molecule has 0 aliphatic rings. The van der Waals surface area contributed by atoms with Gasteiger partial charge >= 0.3 is 0 Å². The van der Waals surface area contributed by atoms with Crippen LogP contribution in [0.25, 0.3) is 16.9 Å². The summed E-state index contributed by atoms with van der Waals surface area (Å²) in [5.74, 6) is -0.301. The first-order valence-electron chi connectivity index (χ1n) is 8.77. The van der Waals surface area contributed by atoms with Crippen molar-refractivity contribution in [2.75, 3.05) is 5.32 Å². The van der Waals surface area contributed by atoms with Crippen LogP contribution in [0.1, 0.15) is 18.1 Å². The molecule has 2 aromatic carbocycles. The second kappa shape index (κ2) is 7.00. The third kappa shape index (κ3) is 3.01. The van der Waals surface area contributed by atoms with Gasteiger partial charge in [-0.1, -0.05) is 19.1 Å². The lowest BCUT2D eigenvalue weighted by Crippen LogP contribution is -2.21. The molecule has 0 atom stereocenters. The topological polar surface area (TPSA) is 86.0 Å². The SMILES string of the molecule is CCc1c(-c2cccc(Nc3ccc(F)cc3)c2)nc2c(C#N)c[nH]n2c1=O. The van der Waals surface area contributed by atoms with Crippen LogP contribution in [-0.4, -0.2) is 14.6 Å². The fourth-order valence-electron chi connectivity index (χ4n) is 3.13. The van der Waals surface area contributed by atoms with Gasteiger partial charge in [-0.05, 0) is 42.8 Å². The van der Waals surface area contributed by atoms with Gasteiger partial charge in [0.2, 0.25) is 0 Å². The summed E-state index contributed by atoms with van der Waals surface area (Å²) in [6.07, 6.45) is 1.97. The number of H-pyrrole nitrogens is 1. The van der Waals surface area contributed by atoms with Crippen molar-refractivity contribution in [3.63, 3.8) is 0 Å². The largest absolute Gasteiger partial charge is 0.356 e. The number of nitriles is 1. The maximum atomic E-state index is 13.1. The summed E-state index contributed by atoms with van der Waals surface area (Å²) in [6.45, 7) is 1.89. The van der Waals surface area contributed by atoms with Gasteiger partial charge in [-0.2, -0.15) is 5.26 Å². The molecule has 6 nitrogen and oxygen atoms in total. The van der Waals surface area contributed by atoms with E-state index in [-0.39, 0.29) is 11.4 Å². The fraction of sp³-hybridized carbons (Fsp3) is 0.0952. The van der Waals surface area contributed by atoms with Gasteiger partial charge in [0, 0.05) is 28.7 Å². The third-order valence-electron chi connectivity index (χ3n) is 4.50. The number of benzene rings is 2. The van der Waals surface area contributed by atoms with Crippen LogP contribution in [0.15, 0.2) is 59.5 Å². The summed E-state index contributed by atoms with van der Waals surface area (Å²) in [7, 11) is 0. The van der Waals surface area contributed by atoms with Crippen molar-refractivity contribution in [2.45, 2.75) is 13.3 Å². The van der Waals surface area contributed by atoms with E-state index in [2.05, 4.69) is 15.4 Å². The highest BCUT2D eigenvalue weighted by atomic mass is 19.1. The van der Waals surface area contributed by atoms with Crippen molar-refractivity contribution in [1.82, 2.24) is 14.6 Å². The van der Waals surface area contributed by atoms with Gasteiger partial charge in [0.05, 0.1) is 5.69 Å². The van der Waals surface area contributed by atoms with Gasteiger partial charge in [0.15, 0.2) is 5.65 Å². The van der Waals surface area contributed by atoms with Crippen LogP contribution < -0.4 is 10.9 Å². The third-order valence-corrected chi connectivity index (χ3v) is 4.50. The van der Waals surface area contributed by atoms with Crippen molar-refractivity contribution < 1.29 is 4.39 Å². The molecule has 0 fully saturated rings. The van der Waals surface area contributed by atoms with Crippen LogP contribution in [0.2, 0.25) is 0 Å². The Kier molecular flexibility index (Phi) is 4.38. The molecule has 7 heteroatoms. The Labute approximate surface area is 159 Å². The van der Waals surface area contributed by atoms with E-state index in [0.29, 0.717) is 28.9 Å². The molecule has 0 saturated carbocycles. The number of fused-ring (bicyclic) bond motifs is 1. The molecule has 0 saturated heterocycles. The molecule has 0 amide bonds. The Hall–Kier alpha value is -3.92. The molecule has 0 bridgehead atoms. The quantitative estimate of drug-likeness (QED) is 0.566. The molecule has 4 aromatic rings. The average Bonchev–Trinajstić information content (AvgIpc) is 3.13. The molecule has 4 rings (SSSR count). The molecule has 0 unspecified atom stereocenters. The second-order valence-corrected chi connectivity index (χ2v) is 6.27. The molecule has 28 heavy (non-hydrogen) atoms. The summed E-state index contributed by atoms with van der Waals surface area (Å²) >= 11 is 0. The first kappa shape index (κ1) is 17.5. The summed E-state index contributed by atoms with van der Waals surface area (Å²) in [4.78, 5) is 17.4. The first-order valence-corrected chi connectivity index (χ1v) is 8.77. The molecule has 138 valence electrons. The smallest absolute Gasteiger partial charge is 0.276 e. The first-order chi connectivity index (χ1) is 13.6. The van der Waals surface area contributed by atoms with Crippen LogP contribution >= 0.6 is 0 Å². The zero-order chi connectivity index (χ0) is 19.7. The molecule has 2 aromatic heterocycles. The lowest BCUT2D eigenvalue weighted by Gasteiger charge is -2.11. The van der Waals surface area contributed by atoms with Gasteiger partial charge in [0.25, 0.3) is 5.56 Å². The van der Waals surface area contributed by atoms with Gasteiger partial charge in [0.1, 0.15) is 17.4 Å². The standard InChI is InChI=1S/C21H16FN5O/c1-2-18-19(26-20-14(11-23)12-24-27(20)21(18)28)13-4-3-5-17(10-13)25-16-8-6-15(22)7-9-16/h3-10,12,24-25H,2H2,1H3. The highest BCUT2D eigenvalue weighted by Gasteiger charge is 2.16. The van der Waals surface area contributed by atoms with Gasteiger partial charge in [-0.25, -0.2) is 13.9 Å². The number of aromatic nitrogens is 3. The highest BCUT2D eigenvalue weighted by molar-refractivity contribution is 5.72. The number of nitrogens with one attached hydrogen (secondary N) is 2. The van der Waals surface area contributed by atoms with E-state index in [1.807, 2.05) is 37.3 Å². The van der Waals surface area contributed by atoms with Crippen molar-refractivity contribution in [2.24, 2.45) is 0 Å². The molecule has 0 aliphatic carbocycles. The van der Waals surface area contributed by atoms with E-state index in [4.69, 9.17) is 0 Å². The van der Waals surface area contributed by atoms with E-state index in [1.54, 1.807) is 12.1 Å². The lowest BCUT2D eigenvalue weighted by molar-refractivity contribution is 0.628. The summed E-state index contributed by atoms with van der Waals surface area (Å²) in [6, 6.07) is 15.6. The van der Waals surface area contributed by atoms with E-state index in [1.165, 1.54) is 22.8 Å². The maximum Gasteiger partial charge on any atom is 0.276 e. The van der Waals surface area contributed by atoms with Gasteiger partial charge < -0.3 is 5.32 Å². The minimum atomic E-state index is -0.301. The molecule has 2 N–H and O–H groups in total. The van der Waals surface area contributed by atoms with Crippen molar-refractivity contribution in [1.29, 1.82) is 5.26 Å². The van der Waals surface area contributed by atoms with Crippen molar-refractivity contribution in [3.05, 3.63) is 82.0 Å². The average molecular weight is 373 g/mol.